The SMILES string of the molecule is O=C(Nc1ccc(-c2nc3ccccc3[nH]2)cc1)c1cc(Cl)ccc1Cl. The third-order valence-electron chi connectivity index (χ3n) is 3.98. The van der Waals surface area contributed by atoms with E-state index in [1.54, 1.807) is 18.2 Å². The fraction of sp³-hybridized carbons (Fsp3) is 0. The van der Waals surface area contributed by atoms with Crippen LogP contribution >= 0.6 is 23.2 Å². The molecule has 0 spiro atoms. The van der Waals surface area contributed by atoms with Crippen LogP contribution in [0.3, 0.4) is 0 Å². The maximum atomic E-state index is 12.4. The smallest absolute Gasteiger partial charge is 0.257 e. The Bertz CT molecular complexity index is 1070. The first-order valence-corrected chi connectivity index (χ1v) is 8.67. The van der Waals surface area contributed by atoms with Gasteiger partial charge in [0, 0.05) is 16.3 Å². The van der Waals surface area contributed by atoms with Gasteiger partial charge in [-0.2, -0.15) is 0 Å². The third-order valence-corrected chi connectivity index (χ3v) is 4.54. The van der Waals surface area contributed by atoms with E-state index in [0.717, 1.165) is 22.4 Å². The number of aromatic nitrogens is 2. The fourth-order valence-electron chi connectivity index (χ4n) is 2.67. The molecule has 0 saturated heterocycles. The van der Waals surface area contributed by atoms with Crippen molar-refractivity contribution in [1.82, 2.24) is 9.97 Å². The molecule has 0 unspecified atom stereocenters. The predicted octanol–water partition coefficient (Wildman–Crippen LogP) is 5.79. The monoisotopic (exact) mass is 381 g/mol. The van der Waals surface area contributed by atoms with Crippen molar-refractivity contribution in [3.05, 3.63) is 82.3 Å². The zero-order valence-electron chi connectivity index (χ0n) is 13.5. The summed E-state index contributed by atoms with van der Waals surface area (Å²) in [4.78, 5) is 20.2. The maximum Gasteiger partial charge on any atom is 0.257 e. The summed E-state index contributed by atoms with van der Waals surface area (Å²) in [5.74, 6) is 0.468. The van der Waals surface area contributed by atoms with Crippen molar-refractivity contribution in [1.29, 1.82) is 0 Å². The van der Waals surface area contributed by atoms with E-state index in [2.05, 4.69) is 15.3 Å². The molecular weight excluding hydrogens is 369 g/mol. The van der Waals surface area contributed by atoms with Crippen LogP contribution in [0.4, 0.5) is 5.69 Å². The van der Waals surface area contributed by atoms with Crippen LogP contribution in [-0.4, -0.2) is 15.9 Å². The lowest BCUT2D eigenvalue weighted by Gasteiger charge is -2.08. The fourth-order valence-corrected chi connectivity index (χ4v) is 3.05. The number of halogens is 2. The van der Waals surface area contributed by atoms with Gasteiger partial charge in [0.1, 0.15) is 5.82 Å². The normalized spacial score (nSPS) is 10.8. The average Bonchev–Trinajstić information content (AvgIpc) is 3.08. The van der Waals surface area contributed by atoms with E-state index in [4.69, 9.17) is 23.2 Å². The molecule has 4 aromatic rings. The summed E-state index contributed by atoms with van der Waals surface area (Å²) >= 11 is 12.0. The first-order chi connectivity index (χ1) is 12.6. The van der Waals surface area contributed by atoms with Gasteiger partial charge in [0.15, 0.2) is 0 Å². The first kappa shape index (κ1) is 16.6. The molecule has 0 aliphatic rings. The zero-order chi connectivity index (χ0) is 18.1. The molecule has 0 aliphatic heterocycles. The van der Waals surface area contributed by atoms with Crippen LogP contribution in [0.2, 0.25) is 10.0 Å². The molecule has 1 amide bonds. The predicted molar refractivity (Wildman–Crippen MR) is 106 cm³/mol. The Morgan fingerprint density at radius 2 is 1.73 bits per heavy atom. The standard InChI is InChI=1S/C20H13Cl2N3O/c21-13-7-10-16(22)15(11-13)20(26)23-14-8-5-12(6-9-14)19-24-17-3-1-2-4-18(17)25-19/h1-11H,(H,23,26)(H,24,25). The summed E-state index contributed by atoms with van der Waals surface area (Å²) in [7, 11) is 0. The highest BCUT2D eigenvalue weighted by Crippen LogP contribution is 2.24. The Morgan fingerprint density at radius 3 is 2.50 bits per heavy atom. The number of benzene rings is 3. The van der Waals surface area contributed by atoms with E-state index < -0.39 is 0 Å². The number of anilines is 1. The molecular formula is C20H13Cl2N3O. The number of rotatable bonds is 3. The lowest BCUT2D eigenvalue weighted by Crippen LogP contribution is -2.12. The number of fused-ring (bicyclic) bond motifs is 1. The molecule has 0 saturated carbocycles. The topological polar surface area (TPSA) is 57.8 Å². The molecule has 0 atom stereocenters. The van der Waals surface area contributed by atoms with Crippen molar-refractivity contribution in [2.45, 2.75) is 0 Å². The zero-order valence-corrected chi connectivity index (χ0v) is 15.0. The summed E-state index contributed by atoms with van der Waals surface area (Å²) < 4.78 is 0. The lowest BCUT2D eigenvalue weighted by molar-refractivity contribution is 0.102. The molecule has 0 fully saturated rings. The number of nitrogens with one attached hydrogen (secondary N) is 2. The highest BCUT2D eigenvalue weighted by molar-refractivity contribution is 6.36. The van der Waals surface area contributed by atoms with E-state index >= 15 is 0 Å². The Morgan fingerprint density at radius 1 is 0.962 bits per heavy atom. The van der Waals surface area contributed by atoms with E-state index in [0.29, 0.717) is 21.3 Å². The Balaban J connectivity index is 1.56. The summed E-state index contributed by atoms with van der Waals surface area (Å²) in [6, 6.07) is 20.1. The second kappa shape index (κ2) is 6.83. The number of carbonyl (C=O) groups excluding carboxylic acids is 1. The van der Waals surface area contributed by atoms with Gasteiger partial charge < -0.3 is 10.3 Å². The van der Waals surface area contributed by atoms with Crippen molar-refractivity contribution in [3.63, 3.8) is 0 Å². The van der Waals surface area contributed by atoms with Crippen LogP contribution < -0.4 is 5.32 Å². The Kier molecular flexibility index (Phi) is 4.37. The van der Waals surface area contributed by atoms with Crippen LogP contribution in [0.15, 0.2) is 66.7 Å². The summed E-state index contributed by atoms with van der Waals surface area (Å²) in [5, 5.41) is 3.63. The van der Waals surface area contributed by atoms with Crippen LogP contribution in [0.1, 0.15) is 10.4 Å². The highest BCUT2D eigenvalue weighted by atomic mass is 35.5. The number of carbonyl (C=O) groups is 1. The van der Waals surface area contributed by atoms with Crippen LogP contribution in [0.25, 0.3) is 22.4 Å². The van der Waals surface area contributed by atoms with Gasteiger partial charge in [-0.3, -0.25) is 4.79 Å². The number of hydrogen-bond acceptors (Lipinski definition) is 2. The minimum absolute atomic E-state index is 0.311. The average molecular weight is 382 g/mol. The molecule has 6 heteroatoms. The third kappa shape index (κ3) is 3.29. The second-order valence-corrected chi connectivity index (χ2v) is 6.60. The molecule has 0 aliphatic carbocycles. The van der Waals surface area contributed by atoms with Crippen LogP contribution in [0.5, 0.6) is 0 Å². The number of hydrogen-bond donors (Lipinski definition) is 2. The van der Waals surface area contributed by atoms with Gasteiger partial charge >= 0.3 is 0 Å². The summed E-state index contributed by atoms with van der Waals surface area (Å²) in [6.07, 6.45) is 0. The molecule has 4 rings (SSSR count). The molecule has 128 valence electrons. The largest absolute Gasteiger partial charge is 0.338 e. The molecule has 3 aromatic carbocycles. The number of amides is 1. The summed E-state index contributed by atoms with van der Waals surface area (Å²) in [6.45, 7) is 0. The minimum atomic E-state index is -0.311. The maximum absolute atomic E-state index is 12.4. The van der Waals surface area contributed by atoms with E-state index in [1.165, 1.54) is 0 Å². The van der Waals surface area contributed by atoms with Crippen molar-refractivity contribution in [2.24, 2.45) is 0 Å². The molecule has 1 heterocycles. The summed E-state index contributed by atoms with van der Waals surface area (Å²) in [5.41, 5.74) is 3.82. The lowest BCUT2D eigenvalue weighted by atomic mass is 10.1. The van der Waals surface area contributed by atoms with E-state index in [1.807, 2.05) is 48.5 Å². The molecule has 0 radical (unpaired) electrons. The van der Waals surface area contributed by atoms with Gasteiger partial charge in [0.05, 0.1) is 21.6 Å². The number of para-hydroxylation sites is 2. The second-order valence-electron chi connectivity index (χ2n) is 5.76. The van der Waals surface area contributed by atoms with Gasteiger partial charge in [0.25, 0.3) is 5.91 Å². The minimum Gasteiger partial charge on any atom is -0.338 e. The number of nitrogens with zero attached hydrogens (tertiary/aromatic N) is 1. The van der Waals surface area contributed by atoms with Crippen molar-refractivity contribution in [2.75, 3.05) is 5.32 Å². The quantitative estimate of drug-likeness (QED) is 0.471. The van der Waals surface area contributed by atoms with Gasteiger partial charge in [0.2, 0.25) is 0 Å². The number of aromatic amines is 1. The van der Waals surface area contributed by atoms with Gasteiger partial charge in [-0.15, -0.1) is 0 Å². The van der Waals surface area contributed by atoms with E-state index in [9.17, 15) is 4.79 Å². The molecule has 2 N–H and O–H groups in total. The Labute approximate surface area is 159 Å². The Hall–Kier alpha value is -2.82. The van der Waals surface area contributed by atoms with Crippen molar-refractivity contribution in [3.8, 4) is 11.4 Å². The van der Waals surface area contributed by atoms with Crippen LogP contribution in [0, 0.1) is 0 Å². The van der Waals surface area contributed by atoms with E-state index in [-0.39, 0.29) is 5.91 Å². The highest BCUT2D eigenvalue weighted by Gasteiger charge is 2.12. The molecule has 0 bridgehead atoms. The molecule has 4 nitrogen and oxygen atoms in total. The van der Waals surface area contributed by atoms with Crippen molar-refractivity contribution >= 4 is 45.8 Å². The van der Waals surface area contributed by atoms with Gasteiger partial charge in [-0.05, 0) is 54.6 Å². The van der Waals surface area contributed by atoms with Gasteiger partial charge in [-0.1, -0.05) is 35.3 Å². The van der Waals surface area contributed by atoms with Crippen LogP contribution in [-0.2, 0) is 0 Å². The molecule has 1 aromatic heterocycles. The number of imidazole rings is 1. The van der Waals surface area contributed by atoms with Gasteiger partial charge in [-0.25, -0.2) is 4.98 Å². The number of H-pyrrole nitrogens is 1. The molecule has 26 heavy (non-hydrogen) atoms. The first-order valence-electron chi connectivity index (χ1n) is 7.92. The van der Waals surface area contributed by atoms with Crippen molar-refractivity contribution < 1.29 is 4.79 Å².